The first-order chi connectivity index (χ1) is 10.9. The van der Waals surface area contributed by atoms with Gasteiger partial charge in [0.1, 0.15) is 18.9 Å². The molecule has 1 saturated heterocycles. The number of aliphatic carboxylic acids is 1. The highest BCUT2D eigenvalue weighted by Crippen LogP contribution is 2.31. The van der Waals surface area contributed by atoms with Crippen molar-refractivity contribution in [2.75, 3.05) is 13.1 Å². The quantitative estimate of drug-likeness (QED) is 0.778. The van der Waals surface area contributed by atoms with E-state index in [1.807, 2.05) is 0 Å². The summed E-state index contributed by atoms with van der Waals surface area (Å²) in [4.78, 5) is 46.6. The molecule has 9 heteroatoms. The second-order valence-electron chi connectivity index (χ2n) is 4.49. The number of nitrogens with one attached hydrogen (secondary N) is 1. The third-order valence-electron chi connectivity index (χ3n) is 2.78. The fourth-order valence-electron chi connectivity index (χ4n) is 1.72. The van der Waals surface area contributed by atoms with Gasteiger partial charge in [0.2, 0.25) is 5.91 Å². The zero-order chi connectivity index (χ0) is 17.0. The van der Waals surface area contributed by atoms with Crippen LogP contribution in [0.25, 0.3) is 6.08 Å². The lowest BCUT2D eigenvalue weighted by Crippen LogP contribution is -2.41. The molecular formula is C14H11FN2O5S. The van der Waals surface area contributed by atoms with Crippen molar-refractivity contribution in [3.8, 4) is 0 Å². The first-order valence-corrected chi connectivity index (χ1v) is 7.18. The molecule has 3 amide bonds. The second kappa shape index (κ2) is 7.05. The number of carboxylic acid groups (broad SMARTS) is 1. The molecule has 1 fully saturated rings. The van der Waals surface area contributed by atoms with Crippen molar-refractivity contribution in [1.82, 2.24) is 10.2 Å². The molecule has 2 N–H and O–H groups in total. The standard InChI is InChI=1S/C14H11FN2O5S/c15-9-3-1-8(2-4-9)5-10-13(21)17(14(22)23-10)7-11(18)16-6-12(19)20/h1-5H,6-7H2,(H,16,18)(H,19,20)/b10-5-. The summed E-state index contributed by atoms with van der Waals surface area (Å²) in [5.41, 5.74) is 0.534. The maximum absolute atomic E-state index is 12.8. The van der Waals surface area contributed by atoms with Crippen LogP contribution in [-0.4, -0.2) is 46.1 Å². The first kappa shape index (κ1) is 16.7. The highest BCUT2D eigenvalue weighted by atomic mass is 32.2. The summed E-state index contributed by atoms with van der Waals surface area (Å²) >= 11 is 0.656. The smallest absolute Gasteiger partial charge is 0.322 e. The summed E-state index contributed by atoms with van der Waals surface area (Å²) in [6, 6.07) is 5.33. The third kappa shape index (κ3) is 4.39. The zero-order valence-corrected chi connectivity index (χ0v) is 12.4. The molecule has 0 aromatic heterocycles. The number of thioether (sulfide) groups is 1. The Morgan fingerprint density at radius 3 is 2.52 bits per heavy atom. The molecule has 0 radical (unpaired) electrons. The maximum Gasteiger partial charge on any atom is 0.322 e. The number of halogens is 1. The summed E-state index contributed by atoms with van der Waals surface area (Å²) in [6.07, 6.45) is 1.42. The Morgan fingerprint density at radius 1 is 1.26 bits per heavy atom. The monoisotopic (exact) mass is 338 g/mol. The Kier molecular flexibility index (Phi) is 5.12. The fraction of sp³-hybridized carbons (Fsp3) is 0.143. The third-order valence-corrected chi connectivity index (χ3v) is 3.69. The highest BCUT2D eigenvalue weighted by Gasteiger charge is 2.36. The number of benzene rings is 1. The van der Waals surface area contributed by atoms with Gasteiger partial charge in [-0.2, -0.15) is 0 Å². The summed E-state index contributed by atoms with van der Waals surface area (Å²) in [5, 5.41) is 9.89. The minimum absolute atomic E-state index is 0.104. The van der Waals surface area contributed by atoms with Gasteiger partial charge in [-0.3, -0.25) is 24.1 Å². The van der Waals surface area contributed by atoms with E-state index in [1.54, 1.807) is 0 Å². The highest BCUT2D eigenvalue weighted by molar-refractivity contribution is 8.18. The van der Waals surface area contributed by atoms with Gasteiger partial charge < -0.3 is 10.4 Å². The normalized spacial score (nSPS) is 16.0. The molecule has 1 aliphatic rings. The van der Waals surface area contributed by atoms with Gasteiger partial charge in [0.05, 0.1) is 4.91 Å². The van der Waals surface area contributed by atoms with Crippen LogP contribution in [-0.2, 0) is 14.4 Å². The average molecular weight is 338 g/mol. The minimum Gasteiger partial charge on any atom is -0.480 e. The molecule has 1 aromatic carbocycles. The van der Waals surface area contributed by atoms with Gasteiger partial charge in [-0.1, -0.05) is 12.1 Å². The van der Waals surface area contributed by atoms with Gasteiger partial charge in [0.25, 0.3) is 11.1 Å². The Bertz CT molecular complexity index is 702. The molecule has 120 valence electrons. The predicted octanol–water partition coefficient (Wildman–Crippen LogP) is 1.06. The number of rotatable bonds is 5. The lowest BCUT2D eigenvalue weighted by Gasteiger charge is -2.11. The van der Waals surface area contributed by atoms with E-state index in [2.05, 4.69) is 5.32 Å². The van der Waals surface area contributed by atoms with Gasteiger partial charge in [-0.15, -0.1) is 0 Å². The predicted molar refractivity (Wildman–Crippen MR) is 79.7 cm³/mol. The van der Waals surface area contributed by atoms with Crippen molar-refractivity contribution in [1.29, 1.82) is 0 Å². The van der Waals surface area contributed by atoms with E-state index in [9.17, 15) is 23.6 Å². The number of hydrogen-bond donors (Lipinski definition) is 2. The van der Waals surface area contributed by atoms with Gasteiger partial charge >= 0.3 is 5.97 Å². The Labute approximate surface area is 134 Å². The van der Waals surface area contributed by atoms with Gasteiger partial charge in [0, 0.05) is 0 Å². The molecule has 0 saturated carbocycles. The molecule has 0 spiro atoms. The van der Waals surface area contributed by atoms with Gasteiger partial charge in [-0.25, -0.2) is 4.39 Å². The van der Waals surface area contributed by atoms with Crippen LogP contribution in [0.4, 0.5) is 9.18 Å². The van der Waals surface area contributed by atoms with Crippen molar-refractivity contribution < 1.29 is 28.7 Å². The van der Waals surface area contributed by atoms with Gasteiger partial charge in [-0.05, 0) is 35.5 Å². The number of carboxylic acids is 1. The SMILES string of the molecule is O=C(O)CNC(=O)CN1C(=O)S/C(=C\c2ccc(F)cc2)C1=O. The van der Waals surface area contributed by atoms with Crippen LogP contribution < -0.4 is 5.32 Å². The van der Waals surface area contributed by atoms with Crippen LogP contribution in [0.5, 0.6) is 0 Å². The molecule has 0 aliphatic carbocycles. The molecule has 0 unspecified atom stereocenters. The maximum atomic E-state index is 12.8. The van der Waals surface area contributed by atoms with E-state index in [4.69, 9.17) is 5.11 Å². The fourth-order valence-corrected chi connectivity index (χ4v) is 2.56. The van der Waals surface area contributed by atoms with E-state index < -0.39 is 41.9 Å². The molecule has 1 aromatic rings. The number of amides is 3. The van der Waals surface area contributed by atoms with Crippen molar-refractivity contribution >= 4 is 40.9 Å². The van der Waals surface area contributed by atoms with Crippen LogP contribution in [0, 0.1) is 5.82 Å². The molecule has 7 nitrogen and oxygen atoms in total. The molecule has 1 aliphatic heterocycles. The summed E-state index contributed by atoms with van der Waals surface area (Å²) in [5.74, 6) is -3.07. The number of hydrogen-bond acceptors (Lipinski definition) is 5. The summed E-state index contributed by atoms with van der Waals surface area (Å²) < 4.78 is 12.8. The molecular weight excluding hydrogens is 327 g/mol. The first-order valence-electron chi connectivity index (χ1n) is 6.36. The molecule has 0 bridgehead atoms. The van der Waals surface area contributed by atoms with E-state index in [-0.39, 0.29) is 4.91 Å². The largest absolute Gasteiger partial charge is 0.480 e. The molecule has 2 rings (SSSR count). The van der Waals surface area contributed by atoms with Crippen molar-refractivity contribution in [3.05, 3.63) is 40.6 Å². The van der Waals surface area contributed by atoms with Crippen LogP contribution in [0.2, 0.25) is 0 Å². The van der Waals surface area contributed by atoms with E-state index in [1.165, 1.54) is 30.3 Å². The van der Waals surface area contributed by atoms with Crippen LogP contribution in [0.1, 0.15) is 5.56 Å². The Hall–Kier alpha value is -2.68. The average Bonchev–Trinajstić information content (AvgIpc) is 2.75. The minimum atomic E-state index is -1.23. The Balaban J connectivity index is 2.06. The summed E-state index contributed by atoms with van der Waals surface area (Å²) in [6.45, 7) is -1.15. The van der Waals surface area contributed by atoms with Crippen molar-refractivity contribution in [2.45, 2.75) is 0 Å². The van der Waals surface area contributed by atoms with Gasteiger partial charge in [0.15, 0.2) is 0 Å². The van der Waals surface area contributed by atoms with E-state index >= 15 is 0 Å². The molecule has 1 heterocycles. The van der Waals surface area contributed by atoms with Crippen molar-refractivity contribution in [2.24, 2.45) is 0 Å². The lowest BCUT2D eigenvalue weighted by molar-refractivity contribution is -0.138. The molecule has 0 atom stereocenters. The van der Waals surface area contributed by atoms with Crippen LogP contribution in [0.15, 0.2) is 29.2 Å². The number of imide groups is 1. The lowest BCUT2D eigenvalue weighted by atomic mass is 10.2. The van der Waals surface area contributed by atoms with E-state index in [0.29, 0.717) is 17.3 Å². The van der Waals surface area contributed by atoms with Crippen LogP contribution >= 0.6 is 11.8 Å². The number of nitrogens with zero attached hydrogens (tertiary/aromatic N) is 1. The molecule has 23 heavy (non-hydrogen) atoms. The van der Waals surface area contributed by atoms with Crippen molar-refractivity contribution in [3.63, 3.8) is 0 Å². The topological polar surface area (TPSA) is 104 Å². The Morgan fingerprint density at radius 2 is 1.91 bits per heavy atom. The van der Waals surface area contributed by atoms with Crippen LogP contribution in [0.3, 0.4) is 0 Å². The summed E-state index contributed by atoms with van der Waals surface area (Å²) in [7, 11) is 0. The number of carbonyl (C=O) groups excluding carboxylic acids is 3. The zero-order valence-electron chi connectivity index (χ0n) is 11.6. The van der Waals surface area contributed by atoms with E-state index in [0.717, 1.165) is 4.90 Å². The number of carbonyl (C=O) groups is 4. The second-order valence-corrected chi connectivity index (χ2v) is 5.48.